The predicted molar refractivity (Wildman–Crippen MR) is 83.9 cm³/mol. The zero-order valence-corrected chi connectivity index (χ0v) is 13.7. The highest BCUT2D eigenvalue weighted by Crippen LogP contribution is 2.27. The maximum atomic E-state index is 12.3. The molecule has 0 saturated heterocycles. The van der Waals surface area contributed by atoms with Crippen molar-refractivity contribution in [2.45, 2.75) is 37.1 Å². The van der Waals surface area contributed by atoms with Crippen LogP contribution in [0.15, 0.2) is 23.1 Å². The molecule has 3 N–H and O–H groups in total. The van der Waals surface area contributed by atoms with E-state index in [0.717, 1.165) is 24.8 Å². The normalized spacial score (nSPS) is 22.6. The molecule has 20 heavy (non-hydrogen) atoms. The third kappa shape index (κ3) is 3.86. The first-order chi connectivity index (χ1) is 8.94. The summed E-state index contributed by atoms with van der Waals surface area (Å²) in [4.78, 5) is 0.214. The van der Waals surface area contributed by atoms with Gasteiger partial charge in [-0.15, -0.1) is 12.4 Å². The second kappa shape index (κ2) is 7.09. The Hall–Kier alpha value is -0.330. The van der Waals surface area contributed by atoms with Gasteiger partial charge in [-0.05, 0) is 49.9 Å². The van der Waals surface area contributed by atoms with Gasteiger partial charge in [0, 0.05) is 11.1 Å². The smallest absolute Gasteiger partial charge is 0.240 e. The number of hydrogen-bond donors (Lipinski definition) is 2. The molecule has 1 aliphatic rings. The molecule has 0 aromatic heterocycles. The van der Waals surface area contributed by atoms with E-state index in [9.17, 15) is 8.42 Å². The van der Waals surface area contributed by atoms with Crippen LogP contribution in [0.4, 0.5) is 0 Å². The first kappa shape index (κ1) is 17.7. The van der Waals surface area contributed by atoms with Crippen LogP contribution in [-0.2, 0) is 10.0 Å². The number of sulfonamides is 1. The van der Waals surface area contributed by atoms with Crippen LogP contribution in [0, 0.1) is 12.8 Å². The summed E-state index contributed by atoms with van der Waals surface area (Å²) in [5.74, 6) is 0.232. The minimum absolute atomic E-state index is 0. The Morgan fingerprint density at radius 1 is 1.40 bits per heavy atom. The summed E-state index contributed by atoms with van der Waals surface area (Å²) in [5, 5.41) is 0.463. The maximum absolute atomic E-state index is 12.3. The summed E-state index contributed by atoms with van der Waals surface area (Å²) in [6, 6.07) is 4.73. The van der Waals surface area contributed by atoms with E-state index in [4.69, 9.17) is 17.3 Å². The molecule has 7 heteroatoms. The number of benzene rings is 1. The Kier molecular flexibility index (Phi) is 6.28. The molecule has 2 atom stereocenters. The highest BCUT2D eigenvalue weighted by molar-refractivity contribution is 7.89. The van der Waals surface area contributed by atoms with Crippen molar-refractivity contribution in [3.05, 3.63) is 28.8 Å². The van der Waals surface area contributed by atoms with E-state index in [1.54, 1.807) is 12.1 Å². The number of nitrogens with one attached hydrogen (secondary N) is 1. The van der Waals surface area contributed by atoms with E-state index in [2.05, 4.69) is 4.72 Å². The molecular formula is C13H20Cl2N2O2S. The average molecular weight is 339 g/mol. The highest BCUT2D eigenvalue weighted by atomic mass is 35.5. The third-order valence-corrected chi connectivity index (χ3v) is 5.62. The SMILES string of the molecule is Cc1ccc(S(=O)(=O)NC2CCCC2CN)cc1Cl.Cl. The van der Waals surface area contributed by atoms with Gasteiger partial charge < -0.3 is 5.73 Å². The van der Waals surface area contributed by atoms with Crippen molar-refractivity contribution in [1.29, 1.82) is 0 Å². The molecule has 1 aromatic rings. The van der Waals surface area contributed by atoms with Crippen molar-refractivity contribution in [2.75, 3.05) is 6.54 Å². The minimum Gasteiger partial charge on any atom is -0.330 e. The van der Waals surface area contributed by atoms with Gasteiger partial charge in [0.15, 0.2) is 0 Å². The van der Waals surface area contributed by atoms with Crippen molar-refractivity contribution >= 4 is 34.0 Å². The maximum Gasteiger partial charge on any atom is 0.240 e. The number of nitrogens with two attached hydrogens (primary N) is 1. The highest BCUT2D eigenvalue weighted by Gasteiger charge is 2.30. The van der Waals surface area contributed by atoms with E-state index in [0.29, 0.717) is 11.6 Å². The van der Waals surface area contributed by atoms with E-state index in [1.165, 1.54) is 6.07 Å². The molecule has 0 aliphatic heterocycles. The summed E-state index contributed by atoms with van der Waals surface area (Å²) in [6.45, 7) is 2.36. The van der Waals surface area contributed by atoms with Gasteiger partial charge in [0.25, 0.3) is 0 Å². The second-order valence-electron chi connectivity index (χ2n) is 5.07. The monoisotopic (exact) mass is 338 g/mol. The van der Waals surface area contributed by atoms with Gasteiger partial charge >= 0.3 is 0 Å². The van der Waals surface area contributed by atoms with Crippen LogP contribution in [0.2, 0.25) is 5.02 Å². The molecular weight excluding hydrogens is 319 g/mol. The second-order valence-corrected chi connectivity index (χ2v) is 7.19. The molecule has 0 bridgehead atoms. The minimum atomic E-state index is -3.52. The lowest BCUT2D eigenvalue weighted by Gasteiger charge is -2.19. The van der Waals surface area contributed by atoms with Gasteiger partial charge in [0.05, 0.1) is 4.90 Å². The zero-order valence-electron chi connectivity index (χ0n) is 11.3. The lowest BCUT2D eigenvalue weighted by molar-refractivity contribution is 0.453. The Labute approximate surface area is 131 Å². The molecule has 4 nitrogen and oxygen atoms in total. The van der Waals surface area contributed by atoms with E-state index in [1.807, 2.05) is 6.92 Å². The zero-order chi connectivity index (χ0) is 14.0. The van der Waals surface area contributed by atoms with Crippen LogP contribution in [0.1, 0.15) is 24.8 Å². The molecule has 2 rings (SSSR count). The molecule has 0 heterocycles. The van der Waals surface area contributed by atoms with Gasteiger partial charge in [0.2, 0.25) is 10.0 Å². The Morgan fingerprint density at radius 3 is 2.70 bits per heavy atom. The fourth-order valence-corrected chi connectivity index (χ4v) is 4.09. The van der Waals surface area contributed by atoms with Crippen molar-refractivity contribution in [3.63, 3.8) is 0 Å². The summed E-state index contributed by atoms with van der Waals surface area (Å²) < 4.78 is 27.4. The molecule has 0 radical (unpaired) electrons. The van der Waals surface area contributed by atoms with Crippen LogP contribution < -0.4 is 10.5 Å². The van der Waals surface area contributed by atoms with Gasteiger partial charge in [-0.1, -0.05) is 24.1 Å². The average Bonchev–Trinajstić information content (AvgIpc) is 2.79. The van der Waals surface area contributed by atoms with Gasteiger partial charge in [-0.3, -0.25) is 0 Å². The van der Waals surface area contributed by atoms with Gasteiger partial charge in [0.1, 0.15) is 0 Å². The van der Waals surface area contributed by atoms with Crippen molar-refractivity contribution in [3.8, 4) is 0 Å². The number of aryl methyl sites for hydroxylation is 1. The standard InChI is InChI=1S/C13H19ClN2O2S.ClH/c1-9-5-6-11(7-12(9)14)19(17,18)16-13-4-2-3-10(13)8-15;/h5-7,10,13,16H,2-4,8,15H2,1H3;1H. The largest absolute Gasteiger partial charge is 0.330 e. The molecule has 1 saturated carbocycles. The molecule has 0 amide bonds. The predicted octanol–water partition coefficient (Wildman–Crippen LogP) is 2.48. The number of rotatable bonds is 4. The van der Waals surface area contributed by atoms with Crippen molar-refractivity contribution < 1.29 is 8.42 Å². The molecule has 2 unspecified atom stereocenters. The molecule has 1 aromatic carbocycles. The van der Waals surface area contributed by atoms with Crippen LogP contribution in [0.3, 0.4) is 0 Å². The quantitative estimate of drug-likeness (QED) is 0.885. The lowest BCUT2D eigenvalue weighted by Crippen LogP contribution is -2.39. The van der Waals surface area contributed by atoms with Crippen LogP contribution in [0.25, 0.3) is 0 Å². The van der Waals surface area contributed by atoms with Crippen molar-refractivity contribution in [2.24, 2.45) is 11.7 Å². The Morgan fingerprint density at radius 2 is 2.10 bits per heavy atom. The fraction of sp³-hybridized carbons (Fsp3) is 0.538. The first-order valence-corrected chi connectivity index (χ1v) is 8.28. The fourth-order valence-electron chi connectivity index (χ4n) is 2.48. The summed E-state index contributed by atoms with van der Waals surface area (Å²) in [5.41, 5.74) is 6.53. The number of halogens is 2. The number of hydrogen-bond acceptors (Lipinski definition) is 3. The molecule has 1 aliphatic carbocycles. The van der Waals surface area contributed by atoms with E-state index < -0.39 is 10.0 Å². The lowest BCUT2D eigenvalue weighted by atomic mass is 10.1. The van der Waals surface area contributed by atoms with Crippen LogP contribution in [-0.4, -0.2) is 21.0 Å². The molecule has 0 spiro atoms. The first-order valence-electron chi connectivity index (χ1n) is 6.42. The molecule has 1 fully saturated rings. The van der Waals surface area contributed by atoms with Gasteiger partial charge in [-0.25, -0.2) is 13.1 Å². The third-order valence-electron chi connectivity index (χ3n) is 3.72. The summed E-state index contributed by atoms with van der Waals surface area (Å²) in [6.07, 6.45) is 2.85. The van der Waals surface area contributed by atoms with Crippen LogP contribution in [0.5, 0.6) is 0 Å². The topological polar surface area (TPSA) is 72.2 Å². The van der Waals surface area contributed by atoms with Gasteiger partial charge in [-0.2, -0.15) is 0 Å². The van der Waals surface area contributed by atoms with Crippen molar-refractivity contribution in [1.82, 2.24) is 4.72 Å². The Bertz CT molecular complexity index is 563. The summed E-state index contributed by atoms with van der Waals surface area (Å²) >= 11 is 5.98. The summed E-state index contributed by atoms with van der Waals surface area (Å²) in [7, 11) is -3.52. The molecule has 114 valence electrons. The van der Waals surface area contributed by atoms with Crippen LogP contribution >= 0.6 is 24.0 Å². The van der Waals surface area contributed by atoms with E-state index >= 15 is 0 Å². The Balaban J connectivity index is 0.00000200. The van der Waals surface area contributed by atoms with E-state index in [-0.39, 0.29) is 29.3 Å².